The van der Waals surface area contributed by atoms with Crippen molar-refractivity contribution in [3.8, 4) is 11.5 Å². The lowest BCUT2D eigenvalue weighted by Gasteiger charge is -2.02. The highest BCUT2D eigenvalue weighted by Crippen LogP contribution is 2.26. The average molecular weight is 281 g/mol. The molecule has 0 saturated heterocycles. The van der Waals surface area contributed by atoms with Crippen molar-refractivity contribution < 1.29 is 8.98 Å². The molecule has 0 aliphatic heterocycles. The molecule has 108 valence electrons. The maximum atomic E-state index is 5.90. The molecule has 0 bridgehead atoms. The van der Waals surface area contributed by atoms with E-state index >= 15 is 0 Å². The van der Waals surface area contributed by atoms with Crippen molar-refractivity contribution in [1.82, 2.24) is 4.98 Å². The maximum absolute atomic E-state index is 5.90. The van der Waals surface area contributed by atoms with E-state index in [4.69, 9.17) is 4.42 Å². The largest absolute Gasteiger partial charge is 0.436 e. The van der Waals surface area contributed by atoms with E-state index in [-0.39, 0.29) is 0 Å². The van der Waals surface area contributed by atoms with Crippen molar-refractivity contribution in [1.29, 1.82) is 0 Å². The van der Waals surface area contributed by atoms with Crippen molar-refractivity contribution in [3.05, 3.63) is 48.3 Å². The van der Waals surface area contributed by atoms with Crippen LogP contribution < -0.4 is 4.57 Å². The summed E-state index contributed by atoms with van der Waals surface area (Å²) in [6.07, 6.45) is 5.28. The van der Waals surface area contributed by atoms with Crippen LogP contribution in [-0.2, 0) is 6.54 Å². The first-order valence-corrected chi connectivity index (χ1v) is 7.57. The second kappa shape index (κ2) is 5.68. The monoisotopic (exact) mass is 281 g/mol. The second-order valence-electron chi connectivity index (χ2n) is 5.73. The molecular weight excluding hydrogens is 260 g/mol. The van der Waals surface area contributed by atoms with Crippen LogP contribution in [0.5, 0.6) is 0 Å². The highest BCUT2D eigenvalue weighted by Gasteiger charge is 2.12. The standard InChI is InChI=1S/C18H21N2O/c1-4-9-20-10-5-6-15(12-20)18-19-16-11-14(13(2)3)7-8-17(16)21-18/h5-8,10-13H,4,9H2,1-3H3/q+1. The maximum Gasteiger partial charge on any atom is 0.233 e. The number of aryl methyl sites for hydroxylation is 1. The van der Waals surface area contributed by atoms with Crippen LogP contribution in [0, 0.1) is 0 Å². The summed E-state index contributed by atoms with van der Waals surface area (Å²) in [5, 5.41) is 0. The first-order valence-electron chi connectivity index (χ1n) is 7.57. The Kier molecular flexibility index (Phi) is 3.74. The molecule has 3 rings (SSSR count). The summed E-state index contributed by atoms with van der Waals surface area (Å²) in [5.41, 5.74) is 4.09. The molecule has 2 heterocycles. The topological polar surface area (TPSA) is 29.9 Å². The van der Waals surface area contributed by atoms with Gasteiger partial charge in [0.15, 0.2) is 18.0 Å². The third kappa shape index (κ3) is 2.82. The predicted octanol–water partition coefficient (Wildman–Crippen LogP) is 4.32. The second-order valence-corrected chi connectivity index (χ2v) is 5.73. The quantitative estimate of drug-likeness (QED) is 0.667. The van der Waals surface area contributed by atoms with Gasteiger partial charge < -0.3 is 4.42 Å². The molecule has 3 heteroatoms. The lowest BCUT2D eigenvalue weighted by atomic mass is 10.0. The van der Waals surface area contributed by atoms with Gasteiger partial charge in [-0.1, -0.05) is 26.8 Å². The van der Waals surface area contributed by atoms with Gasteiger partial charge in [-0.3, -0.25) is 0 Å². The third-order valence-corrected chi connectivity index (χ3v) is 3.67. The molecule has 2 aromatic heterocycles. The normalized spacial score (nSPS) is 11.4. The summed E-state index contributed by atoms with van der Waals surface area (Å²) in [6.45, 7) is 7.55. The number of rotatable bonds is 4. The Morgan fingerprint density at radius 3 is 2.86 bits per heavy atom. The number of nitrogens with zero attached hydrogens (tertiary/aromatic N) is 2. The van der Waals surface area contributed by atoms with E-state index in [0.29, 0.717) is 11.8 Å². The molecule has 0 saturated carbocycles. The van der Waals surface area contributed by atoms with E-state index < -0.39 is 0 Å². The molecule has 0 radical (unpaired) electrons. The molecule has 3 aromatic rings. The molecule has 0 N–H and O–H groups in total. The Labute approximate surface area is 125 Å². The van der Waals surface area contributed by atoms with Crippen molar-refractivity contribution in [2.24, 2.45) is 0 Å². The zero-order valence-electron chi connectivity index (χ0n) is 12.8. The van der Waals surface area contributed by atoms with E-state index in [9.17, 15) is 0 Å². The van der Waals surface area contributed by atoms with E-state index in [2.05, 4.69) is 54.8 Å². The Bertz CT molecular complexity index is 759. The summed E-state index contributed by atoms with van der Waals surface area (Å²) in [5.74, 6) is 1.19. The zero-order valence-corrected chi connectivity index (χ0v) is 12.8. The van der Waals surface area contributed by atoms with Gasteiger partial charge >= 0.3 is 0 Å². The molecule has 0 aliphatic carbocycles. The van der Waals surface area contributed by atoms with E-state index in [1.54, 1.807) is 0 Å². The fourth-order valence-electron chi connectivity index (χ4n) is 2.47. The van der Waals surface area contributed by atoms with Gasteiger partial charge in [0.2, 0.25) is 5.89 Å². The van der Waals surface area contributed by atoms with Gasteiger partial charge in [-0.05, 0) is 29.7 Å². The van der Waals surface area contributed by atoms with Crippen molar-refractivity contribution in [2.45, 2.75) is 39.7 Å². The fourth-order valence-corrected chi connectivity index (χ4v) is 2.47. The predicted molar refractivity (Wildman–Crippen MR) is 84.0 cm³/mol. The minimum Gasteiger partial charge on any atom is -0.436 e. The number of pyridine rings is 1. The average Bonchev–Trinajstić information content (AvgIpc) is 2.91. The number of oxazole rings is 1. The van der Waals surface area contributed by atoms with Crippen molar-refractivity contribution in [2.75, 3.05) is 0 Å². The molecule has 0 atom stereocenters. The summed E-state index contributed by atoms with van der Waals surface area (Å²) < 4.78 is 8.07. The summed E-state index contributed by atoms with van der Waals surface area (Å²) in [4.78, 5) is 4.65. The van der Waals surface area contributed by atoms with Gasteiger partial charge in [0, 0.05) is 12.5 Å². The Morgan fingerprint density at radius 2 is 2.10 bits per heavy atom. The van der Waals surface area contributed by atoms with Gasteiger partial charge in [-0.25, -0.2) is 9.55 Å². The molecule has 21 heavy (non-hydrogen) atoms. The van der Waals surface area contributed by atoms with Gasteiger partial charge in [-0.15, -0.1) is 0 Å². The Balaban J connectivity index is 2.02. The van der Waals surface area contributed by atoms with Crippen LogP contribution >= 0.6 is 0 Å². The van der Waals surface area contributed by atoms with Gasteiger partial charge in [0.1, 0.15) is 17.6 Å². The summed E-state index contributed by atoms with van der Waals surface area (Å²) >= 11 is 0. The van der Waals surface area contributed by atoms with Crippen LogP contribution in [0.3, 0.4) is 0 Å². The van der Waals surface area contributed by atoms with Crippen LogP contribution in [-0.4, -0.2) is 4.98 Å². The number of hydrogen-bond donors (Lipinski definition) is 0. The van der Waals surface area contributed by atoms with Crippen molar-refractivity contribution in [3.63, 3.8) is 0 Å². The minimum absolute atomic E-state index is 0.498. The lowest BCUT2D eigenvalue weighted by molar-refractivity contribution is -0.696. The summed E-state index contributed by atoms with van der Waals surface area (Å²) in [6, 6.07) is 10.3. The number of benzene rings is 1. The molecule has 0 amide bonds. The highest BCUT2D eigenvalue weighted by atomic mass is 16.3. The van der Waals surface area contributed by atoms with Crippen LogP contribution in [0.2, 0.25) is 0 Å². The molecule has 1 aromatic carbocycles. The lowest BCUT2D eigenvalue weighted by Crippen LogP contribution is -2.32. The molecule has 0 spiro atoms. The molecule has 0 unspecified atom stereocenters. The van der Waals surface area contributed by atoms with Crippen molar-refractivity contribution >= 4 is 11.1 Å². The van der Waals surface area contributed by atoms with E-state index in [1.165, 1.54) is 5.56 Å². The van der Waals surface area contributed by atoms with Gasteiger partial charge in [-0.2, -0.15) is 0 Å². The van der Waals surface area contributed by atoms with Crippen LogP contribution in [0.25, 0.3) is 22.6 Å². The summed E-state index contributed by atoms with van der Waals surface area (Å²) in [7, 11) is 0. The van der Waals surface area contributed by atoms with E-state index in [0.717, 1.165) is 29.6 Å². The molecular formula is C18H21N2O+. The number of aromatic nitrogens is 2. The first-order chi connectivity index (χ1) is 10.2. The fraction of sp³-hybridized carbons (Fsp3) is 0.333. The zero-order chi connectivity index (χ0) is 14.8. The SMILES string of the molecule is CCC[n+]1cccc(-c2nc3cc(C(C)C)ccc3o2)c1. The number of fused-ring (bicyclic) bond motifs is 1. The molecule has 0 aliphatic rings. The molecule has 3 nitrogen and oxygen atoms in total. The van der Waals surface area contributed by atoms with Crippen LogP contribution in [0.15, 0.2) is 47.1 Å². The smallest absolute Gasteiger partial charge is 0.233 e. The third-order valence-electron chi connectivity index (χ3n) is 3.67. The first kappa shape index (κ1) is 13.8. The van der Waals surface area contributed by atoms with E-state index in [1.807, 2.05) is 18.2 Å². The Morgan fingerprint density at radius 1 is 1.24 bits per heavy atom. The minimum atomic E-state index is 0.498. The Hall–Kier alpha value is -2.16. The highest BCUT2D eigenvalue weighted by molar-refractivity contribution is 5.76. The number of hydrogen-bond acceptors (Lipinski definition) is 2. The van der Waals surface area contributed by atoms with Gasteiger partial charge in [0.25, 0.3) is 0 Å². The van der Waals surface area contributed by atoms with Crippen LogP contribution in [0.4, 0.5) is 0 Å². The molecule has 0 fully saturated rings. The van der Waals surface area contributed by atoms with Crippen LogP contribution in [0.1, 0.15) is 38.7 Å². The van der Waals surface area contributed by atoms with Gasteiger partial charge in [0.05, 0.1) is 0 Å².